The zero-order chi connectivity index (χ0) is 14.2. The monoisotopic (exact) mass is 277 g/mol. The Morgan fingerprint density at radius 2 is 1.90 bits per heavy atom. The topological polar surface area (TPSA) is 53.6 Å². The van der Waals surface area contributed by atoms with Gasteiger partial charge in [-0.15, -0.1) is 0 Å². The van der Waals surface area contributed by atoms with Crippen LogP contribution in [-0.4, -0.2) is 50.3 Å². The molecule has 5 heteroatoms. The summed E-state index contributed by atoms with van der Waals surface area (Å²) in [5, 5.41) is 5.74. The number of urea groups is 1. The Morgan fingerprint density at radius 3 is 2.60 bits per heavy atom. The summed E-state index contributed by atoms with van der Waals surface area (Å²) in [5.41, 5.74) is 2.34. The second-order valence-electron chi connectivity index (χ2n) is 5.05. The van der Waals surface area contributed by atoms with Crippen molar-refractivity contribution in [1.29, 1.82) is 0 Å². The lowest BCUT2D eigenvalue weighted by Gasteiger charge is -2.26. The first-order chi connectivity index (χ1) is 9.74. The third-order valence-electron chi connectivity index (χ3n) is 3.39. The molecule has 5 nitrogen and oxygen atoms in total. The molecule has 1 aliphatic rings. The molecule has 1 aliphatic heterocycles. The van der Waals surface area contributed by atoms with Crippen molar-refractivity contribution in [1.82, 2.24) is 15.5 Å². The van der Waals surface area contributed by atoms with E-state index in [0.717, 1.165) is 38.4 Å². The number of aryl methyl sites for hydroxylation is 1. The summed E-state index contributed by atoms with van der Waals surface area (Å²) in [5.74, 6) is 0. The second kappa shape index (κ2) is 7.87. The number of hydrogen-bond acceptors (Lipinski definition) is 3. The van der Waals surface area contributed by atoms with E-state index in [0.29, 0.717) is 13.1 Å². The summed E-state index contributed by atoms with van der Waals surface area (Å²) in [7, 11) is 0. The average Bonchev–Trinajstić information content (AvgIpc) is 2.48. The standard InChI is InChI=1S/C15H23N3O2/c1-13-2-4-14(5-3-13)12-17-15(19)16-6-7-18-8-10-20-11-9-18/h2-5H,6-12H2,1H3,(H2,16,17,19). The third kappa shape index (κ3) is 5.19. The first-order valence-corrected chi connectivity index (χ1v) is 7.11. The van der Waals surface area contributed by atoms with E-state index >= 15 is 0 Å². The number of hydrogen-bond donors (Lipinski definition) is 2. The summed E-state index contributed by atoms with van der Waals surface area (Å²) in [4.78, 5) is 14.0. The zero-order valence-electron chi connectivity index (χ0n) is 12.0. The predicted molar refractivity (Wildman–Crippen MR) is 78.7 cm³/mol. The van der Waals surface area contributed by atoms with Gasteiger partial charge < -0.3 is 15.4 Å². The smallest absolute Gasteiger partial charge is 0.315 e. The van der Waals surface area contributed by atoms with E-state index in [1.807, 2.05) is 24.3 Å². The van der Waals surface area contributed by atoms with E-state index in [4.69, 9.17) is 4.74 Å². The van der Waals surface area contributed by atoms with Gasteiger partial charge in [-0.3, -0.25) is 4.90 Å². The Hall–Kier alpha value is -1.59. The van der Waals surface area contributed by atoms with E-state index in [-0.39, 0.29) is 6.03 Å². The second-order valence-corrected chi connectivity index (χ2v) is 5.05. The number of benzene rings is 1. The zero-order valence-corrected chi connectivity index (χ0v) is 12.0. The molecule has 2 amide bonds. The van der Waals surface area contributed by atoms with Crippen molar-refractivity contribution in [3.63, 3.8) is 0 Å². The van der Waals surface area contributed by atoms with Gasteiger partial charge in [-0.25, -0.2) is 4.79 Å². The van der Waals surface area contributed by atoms with Crippen molar-refractivity contribution in [2.45, 2.75) is 13.5 Å². The molecule has 0 aromatic heterocycles. The van der Waals surface area contributed by atoms with Gasteiger partial charge in [0.1, 0.15) is 0 Å². The number of amides is 2. The molecule has 1 fully saturated rings. The van der Waals surface area contributed by atoms with Gasteiger partial charge >= 0.3 is 6.03 Å². The fraction of sp³-hybridized carbons (Fsp3) is 0.533. The molecule has 0 atom stereocenters. The highest BCUT2D eigenvalue weighted by Gasteiger charge is 2.09. The summed E-state index contributed by atoms with van der Waals surface area (Å²) >= 11 is 0. The summed E-state index contributed by atoms with van der Waals surface area (Å²) in [6.45, 7) is 7.64. The Morgan fingerprint density at radius 1 is 1.20 bits per heavy atom. The van der Waals surface area contributed by atoms with Crippen molar-refractivity contribution in [3.8, 4) is 0 Å². The van der Waals surface area contributed by atoms with Gasteiger partial charge in [-0.1, -0.05) is 29.8 Å². The summed E-state index contributed by atoms with van der Waals surface area (Å²) in [6.07, 6.45) is 0. The van der Waals surface area contributed by atoms with Gasteiger partial charge in [-0.2, -0.15) is 0 Å². The number of carbonyl (C=O) groups is 1. The van der Waals surface area contributed by atoms with Crippen LogP contribution in [-0.2, 0) is 11.3 Å². The quantitative estimate of drug-likeness (QED) is 0.848. The minimum Gasteiger partial charge on any atom is -0.379 e. The fourth-order valence-electron chi connectivity index (χ4n) is 2.10. The molecule has 2 N–H and O–H groups in total. The van der Waals surface area contributed by atoms with Crippen molar-refractivity contribution < 1.29 is 9.53 Å². The largest absolute Gasteiger partial charge is 0.379 e. The van der Waals surface area contributed by atoms with Gasteiger partial charge in [0, 0.05) is 32.7 Å². The molecular formula is C15H23N3O2. The highest BCUT2D eigenvalue weighted by atomic mass is 16.5. The molecular weight excluding hydrogens is 254 g/mol. The van der Waals surface area contributed by atoms with Crippen LogP contribution < -0.4 is 10.6 Å². The fourth-order valence-corrected chi connectivity index (χ4v) is 2.10. The van der Waals surface area contributed by atoms with Crippen LogP contribution in [0.3, 0.4) is 0 Å². The first kappa shape index (κ1) is 14.8. The van der Waals surface area contributed by atoms with Crippen LogP contribution in [0.2, 0.25) is 0 Å². The van der Waals surface area contributed by atoms with Crippen molar-refractivity contribution >= 4 is 6.03 Å². The molecule has 1 aromatic rings. The summed E-state index contributed by atoms with van der Waals surface area (Å²) < 4.78 is 5.28. The molecule has 1 saturated heterocycles. The molecule has 1 heterocycles. The first-order valence-electron chi connectivity index (χ1n) is 7.11. The van der Waals surface area contributed by atoms with Gasteiger partial charge in [0.25, 0.3) is 0 Å². The Kier molecular flexibility index (Phi) is 5.83. The lowest BCUT2D eigenvalue weighted by atomic mass is 10.1. The minimum absolute atomic E-state index is 0.112. The van der Waals surface area contributed by atoms with E-state index in [9.17, 15) is 4.79 Å². The van der Waals surface area contributed by atoms with Crippen molar-refractivity contribution in [2.24, 2.45) is 0 Å². The molecule has 2 rings (SSSR count). The molecule has 0 radical (unpaired) electrons. The maximum absolute atomic E-state index is 11.7. The number of carbonyl (C=O) groups excluding carboxylic acids is 1. The number of rotatable bonds is 5. The normalized spacial score (nSPS) is 15.8. The van der Waals surface area contributed by atoms with E-state index in [1.165, 1.54) is 5.56 Å². The Labute approximate surface area is 120 Å². The molecule has 1 aromatic carbocycles. The van der Waals surface area contributed by atoms with Crippen LogP contribution in [0.1, 0.15) is 11.1 Å². The lowest BCUT2D eigenvalue weighted by molar-refractivity contribution is 0.0387. The molecule has 0 bridgehead atoms. The van der Waals surface area contributed by atoms with Gasteiger partial charge in [0.05, 0.1) is 13.2 Å². The van der Waals surface area contributed by atoms with Crippen LogP contribution in [0.4, 0.5) is 4.79 Å². The predicted octanol–water partition coefficient (Wildman–Crippen LogP) is 1.13. The maximum atomic E-state index is 11.7. The summed E-state index contributed by atoms with van der Waals surface area (Å²) in [6, 6.07) is 8.05. The average molecular weight is 277 g/mol. The molecule has 0 saturated carbocycles. The van der Waals surface area contributed by atoms with Crippen molar-refractivity contribution in [2.75, 3.05) is 39.4 Å². The molecule has 0 spiro atoms. The van der Waals surface area contributed by atoms with E-state index in [2.05, 4.69) is 22.5 Å². The minimum atomic E-state index is -0.112. The highest BCUT2D eigenvalue weighted by Crippen LogP contribution is 2.02. The van der Waals surface area contributed by atoms with E-state index in [1.54, 1.807) is 0 Å². The SMILES string of the molecule is Cc1ccc(CNC(=O)NCCN2CCOCC2)cc1. The van der Waals surface area contributed by atoms with Gasteiger partial charge in [-0.05, 0) is 12.5 Å². The number of nitrogens with zero attached hydrogens (tertiary/aromatic N) is 1. The van der Waals surface area contributed by atoms with E-state index < -0.39 is 0 Å². The molecule has 110 valence electrons. The number of nitrogens with one attached hydrogen (secondary N) is 2. The van der Waals surface area contributed by atoms with Crippen LogP contribution in [0.15, 0.2) is 24.3 Å². The lowest BCUT2D eigenvalue weighted by Crippen LogP contribution is -2.43. The Balaban J connectivity index is 1.59. The number of morpholine rings is 1. The number of ether oxygens (including phenoxy) is 1. The van der Waals surface area contributed by atoms with Crippen LogP contribution in [0.5, 0.6) is 0 Å². The third-order valence-corrected chi connectivity index (χ3v) is 3.39. The van der Waals surface area contributed by atoms with Gasteiger partial charge in [0.2, 0.25) is 0 Å². The molecule has 0 aliphatic carbocycles. The van der Waals surface area contributed by atoms with Crippen LogP contribution in [0.25, 0.3) is 0 Å². The maximum Gasteiger partial charge on any atom is 0.315 e. The Bertz CT molecular complexity index is 414. The van der Waals surface area contributed by atoms with Gasteiger partial charge in [0.15, 0.2) is 0 Å². The highest BCUT2D eigenvalue weighted by molar-refractivity contribution is 5.73. The molecule has 20 heavy (non-hydrogen) atoms. The van der Waals surface area contributed by atoms with Crippen molar-refractivity contribution in [3.05, 3.63) is 35.4 Å². The van der Waals surface area contributed by atoms with Crippen LogP contribution >= 0.6 is 0 Å². The molecule has 0 unspecified atom stereocenters. The van der Waals surface area contributed by atoms with Crippen LogP contribution in [0, 0.1) is 6.92 Å².